The van der Waals surface area contributed by atoms with Gasteiger partial charge in [-0.3, -0.25) is 9.59 Å². The summed E-state index contributed by atoms with van der Waals surface area (Å²) in [6.45, 7) is 3.99. The van der Waals surface area contributed by atoms with Gasteiger partial charge in [-0.15, -0.1) is 11.8 Å². The number of aryl methyl sites for hydroxylation is 2. The van der Waals surface area contributed by atoms with Crippen LogP contribution in [0.15, 0.2) is 77.7 Å². The third-order valence-corrected chi connectivity index (χ3v) is 6.39. The Labute approximate surface area is 181 Å². The molecule has 30 heavy (non-hydrogen) atoms. The zero-order chi connectivity index (χ0) is 21.1. The number of fused-ring (bicyclic) bond motifs is 1. The molecule has 1 atom stereocenters. The Bertz CT molecular complexity index is 1060. The van der Waals surface area contributed by atoms with Crippen LogP contribution in [-0.2, 0) is 9.59 Å². The first-order valence-electron chi connectivity index (χ1n) is 9.99. The number of carbonyl (C=O) groups is 2. The van der Waals surface area contributed by atoms with Crippen LogP contribution in [0.2, 0.25) is 0 Å². The molecule has 1 aliphatic heterocycles. The second-order valence-electron chi connectivity index (χ2n) is 7.59. The van der Waals surface area contributed by atoms with Gasteiger partial charge in [-0.1, -0.05) is 48.5 Å². The minimum Gasteiger partial charge on any atom is -0.325 e. The van der Waals surface area contributed by atoms with Crippen LogP contribution in [0.25, 0.3) is 0 Å². The highest BCUT2D eigenvalue weighted by atomic mass is 32.2. The van der Waals surface area contributed by atoms with Crippen LogP contribution in [0, 0.1) is 13.8 Å². The molecule has 5 heteroatoms. The highest BCUT2D eigenvalue weighted by Gasteiger charge is 2.30. The van der Waals surface area contributed by atoms with Crippen molar-refractivity contribution < 1.29 is 9.59 Å². The Morgan fingerprint density at radius 2 is 1.67 bits per heavy atom. The maximum Gasteiger partial charge on any atom is 0.244 e. The smallest absolute Gasteiger partial charge is 0.244 e. The fraction of sp³-hybridized carbons (Fsp3) is 0.200. The molecule has 0 spiro atoms. The summed E-state index contributed by atoms with van der Waals surface area (Å²) in [5.41, 5.74) is 4.84. The lowest BCUT2D eigenvalue weighted by Gasteiger charge is -2.22. The van der Waals surface area contributed by atoms with Gasteiger partial charge in [0.05, 0.1) is 5.69 Å². The van der Waals surface area contributed by atoms with Gasteiger partial charge in [0.15, 0.2) is 0 Å². The van der Waals surface area contributed by atoms with Crippen LogP contribution in [-0.4, -0.2) is 18.4 Å². The Morgan fingerprint density at radius 1 is 1.00 bits per heavy atom. The summed E-state index contributed by atoms with van der Waals surface area (Å²) in [5, 5.41) is 2.97. The molecule has 0 unspecified atom stereocenters. The molecule has 3 aromatic rings. The third kappa shape index (κ3) is 4.57. The molecule has 2 amide bonds. The van der Waals surface area contributed by atoms with Crippen LogP contribution in [0.5, 0.6) is 0 Å². The van der Waals surface area contributed by atoms with Gasteiger partial charge in [-0.2, -0.15) is 0 Å². The number of amides is 2. The molecule has 0 saturated carbocycles. The molecule has 0 bridgehead atoms. The largest absolute Gasteiger partial charge is 0.325 e. The topological polar surface area (TPSA) is 49.4 Å². The lowest BCUT2D eigenvalue weighted by molar-refractivity contribution is -0.121. The van der Waals surface area contributed by atoms with E-state index in [0.717, 1.165) is 33.0 Å². The van der Waals surface area contributed by atoms with Crippen molar-refractivity contribution in [2.75, 3.05) is 16.8 Å². The number of nitrogens with zero attached hydrogens (tertiary/aromatic N) is 1. The van der Waals surface area contributed by atoms with Crippen LogP contribution >= 0.6 is 11.8 Å². The average molecular weight is 417 g/mol. The summed E-state index contributed by atoms with van der Waals surface area (Å²) in [6.07, 6.45) is 0.347. The Balaban J connectivity index is 1.58. The summed E-state index contributed by atoms with van der Waals surface area (Å²) < 4.78 is 0. The summed E-state index contributed by atoms with van der Waals surface area (Å²) in [5.74, 6) is -0.247. The summed E-state index contributed by atoms with van der Waals surface area (Å²) in [7, 11) is 0. The highest BCUT2D eigenvalue weighted by molar-refractivity contribution is 7.99. The first-order chi connectivity index (χ1) is 14.5. The molecule has 0 aromatic heterocycles. The molecule has 0 saturated heterocycles. The van der Waals surface area contributed by atoms with E-state index in [1.165, 1.54) is 0 Å². The van der Waals surface area contributed by atoms with E-state index < -0.39 is 0 Å². The zero-order valence-corrected chi connectivity index (χ0v) is 17.9. The summed E-state index contributed by atoms with van der Waals surface area (Å²) in [4.78, 5) is 28.6. The fourth-order valence-electron chi connectivity index (χ4n) is 3.80. The molecule has 4 rings (SSSR count). The lowest BCUT2D eigenvalue weighted by atomic mass is 10.1. The van der Waals surface area contributed by atoms with E-state index in [9.17, 15) is 9.59 Å². The molecule has 1 heterocycles. The van der Waals surface area contributed by atoms with Gasteiger partial charge in [-0.05, 0) is 54.8 Å². The molecule has 0 radical (unpaired) electrons. The van der Waals surface area contributed by atoms with Crippen LogP contribution in [0.3, 0.4) is 0 Å². The maximum absolute atomic E-state index is 13.2. The minimum absolute atomic E-state index is 0.00902. The molecular weight excluding hydrogens is 392 g/mol. The van der Waals surface area contributed by atoms with Gasteiger partial charge < -0.3 is 10.2 Å². The second kappa shape index (κ2) is 8.76. The van der Waals surface area contributed by atoms with E-state index in [-0.39, 0.29) is 23.6 Å². The van der Waals surface area contributed by atoms with Gasteiger partial charge in [0.1, 0.15) is 6.54 Å². The van der Waals surface area contributed by atoms with Crippen molar-refractivity contribution in [1.82, 2.24) is 0 Å². The molecule has 3 aromatic carbocycles. The van der Waals surface area contributed by atoms with Gasteiger partial charge in [0, 0.05) is 22.3 Å². The molecule has 1 N–H and O–H groups in total. The summed E-state index contributed by atoms with van der Waals surface area (Å²) >= 11 is 1.68. The molecule has 4 nitrogen and oxygen atoms in total. The van der Waals surface area contributed by atoms with Gasteiger partial charge in [0.25, 0.3) is 0 Å². The van der Waals surface area contributed by atoms with Gasteiger partial charge in [-0.25, -0.2) is 0 Å². The normalized spacial score (nSPS) is 16.0. The van der Waals surface area contributed by atoms with E-state index >= 15 is 0 Å². The van der Waals surface area contributed by atoms with Crippen LogP contribution in [0.1, 0.15) is 28.4 Å². The van der Waals surface area contributed by atoms with Crippen LogP contribution < -0.4 is 10.2 Å². The molecular formula is C25H24N2O2S. The molecule has 0 fully saturated rings. The highest BCUT2D eigenvalue weighted by Crippen LogP contribution is 2.45. The van der Waals surface area contributed by atoms with Crippen molar-refractivity contribution in [2.24, 2.45) is 0 Å². The Kier molecular flexibility index (Phi) is 5.91. The SMILES string of the molecule is Cc1cc(C)cc(NC(=O)CN2C(=O)C[C@@H](c3ccccc3)Sc3ccccc32)c1. The lowest BCUT2D eigenvalue weighted by Crippen LogP contribution is -2.38. The monoisotopic (exact) mass is 416 g/mol. The number of hydrogen-bond acceptors (Lipinski definition) is 3. The molecule has 0 aliphatic carbocycles. The van der Waals surface area contributed by atoms with Crippen molar-refractivity contribution in [2.45, 2.75) is 30.4 Å². The van der Waals surface area contributed by atoms with E-state index in [2.05, 4.69) is 23.5 Å². The van der Waals surface area contributed by atoms with Crippen molar-refractivity contribution in [3.8, 4) is 0 Å². The number of benzene rings is 3. The molecule has 152 valence electrons. The zero-order valence-electron chi connectivity index (χ0n) is 17.1. The average Bonchev–Trinajstić information content (AvgIpc) is 2.85. The van der Waals surface area contributed by atoms with Gasteiger partial charge in [0.2, 0.25) is 11.8 Å². The number of carbonyl (C=O) groups excluding carboxylic acids is 2. The third-order valence-electron chi connectivity index (χ3n) is 5.06. The number of anilines is 2. The Hall–Kier alpha value is -3.05. The standard InChI is InChI=1S/C25H24N2O2S/c1-17-12-18(2)14-20(13-17)26-24(28)16-27-21-10-6-7-11-22(21)30-23(15-25(27)29)19-8-4-3-5-9-19/h3-14,23H,15-16H2,1-2H3,(H,26,28)/t23-/m0/s1. The number of para-hydroxylation sites is 1. The van der Waals surface area contributed by atoms with E-state index in [1.807, 2.05) is 68.4 Å². The van der Waals surface area contributed by atoms with Gasteiger partial charge >= 0.3 is 0 Å². The van der Waals surface area contributed by atoms with E-state index in [1.54, 1.807) is 16.7 Å². The van der Waals surface area contributed by atoms with Crippen molar-refractivity contribution in [3.05, 3.63) is 89.5 Å². The van der Waals surface area contributed by atoms with Crippen molar-refractivity contribution in [3.63, 3.8) is 0 Å². The Morgan fingerprint density at radius 3 is 2.40 bits per heavy atom. The second-order valence-corrected chi connectivity index (χ2v) is 8.84. The fourth-order valence-corrected chi connectivity index (χ4v) is 5.08. The maximum atomic E-state index is 13.2. The quantitative estimate of drug-likeness (QED) is 0.610. The van der Waals surface area contributed by atoms with Crippen LogP contribution in [0.4, 0.5) is 11.4 Å². The number of nitrogens with one attached hydrogen (secondary N) is 1. The van der Waals surface area contributed by atoms with Crippen molar-refractivity contribution in [1.29, 1.82) is 0 Å². The van der Waals surface area contributed by atoms with Crippen molar-refractivity contribution >= 4 is 35.0 Å². The first kappa shape index (κ1) is 20.2. The predicted octanol–water partition coefficient (Wildman–Crippen LogP) is 5.51. The number of rotatable bonds is 4. The minimum atomic E-state index is -0.202. The predicted molar refractivity (Wildman–Crippen MR) is 123 cm³/mol. The van der Waals surface area contributed by atoms with E-state index in [4.69, 9.17) is 0 Å². The first-order valence-corrected chi connectivity index (χ1v) is 10.9. The number of thioether (sulfide) groups is 1. The molecule has 1 aliphatic rings. The summed E-state index contributed by atoms with van der Waals surface area (Å²) in [6, 6.07) is 23.8. The van der Waals surface area contributed by atoms with E-state index in [0.29, 0.717) is 6.42 Å². The number of hydrogen-bond donors (Lipinski definition) is 1.